The number of benzene rings is 1. The Bertz CT molecular complexity index is 350. The molecule has 0 heterocycles. The summed E-state index contributed by atoms with van der Waals surface area (Å²) in [5, 5.41) is 9.34. The summed E-state index contributed by atoms with van der Waals surface area (Å²) in [5.41, 5.74) is 7.68. The van der Waals surface area contributed by atoms with Gasteiger partial charge in [0, 0.05) is 0 Å². The molecule has 0 spiro atoms. The van der Waals surface area contributed by atoms with Crippen molar-refractivity contribution in [2.75, 3.05) is 6.54 Å². The molecule has 1 aromatic carbocycles. The number of rotatable bonds is 3. The largest absolute Gasteiger partial charge is 0.508 e. The average molecular weight is 247 g/mol. The molecule has 0 radical (unpaired) electrons. The Balaban J connectivity index is 2.07. The van der Waals surface area contributed by atoms with Crippen molar-refractivity contribution in [2.45, 2.75) is 51.4 Å². The molecular formula is C16H25NO. The average Bonchev–Trinajstić information content (AvgIpc) is 2.36. The van der Waals surface area contributed by atoms with Gasteiger partial charge in [0.15, 0.2) is 0 Å². The molecule has 1 aliphatic carbocycles. The lowest BCUT2D eigenvalue weighted by Crippen LogP contribution is -2.33. The van der Waals surface area contributed by atoms with Gasteiger partial charge in [-0.1, -0.05) is 44.2 Å². The second kappa shape index (κ2) is 6.24. The van der Waals surface area contributed by atoms with Gasteiger partial charge in [-0.25, -0.2) is 0 Å². The third-order valence-corrected chi connectivity index (χ3v) is 4.36. The normalized spacial score (nSPS) is 20.1. The van der Waals surface area contributed by atoms with Crippen LogP contribution in [0.5, 0.6) is 5.75 Å². The fourth-order valence-corrected chi connectivity index (χ4v) is 3.16. The Morgan fingerprint density at radius 3 is 2.06 bits per heavy atom. The zero-order chi connectivity index (χ0) is 12.8. The third-order valence-electron chi connectivity index (χ3n) is 4.36. The number of aromatic hydroxyl groups is 1. The van der Waals surface area contributed by atoms with E-state index in [1.807, 2.05) is 12.1 Å². The summed E-state index contributed by atoms with van der Waals surface area (Å²) in [6.07, 6.45) is 10.3. The molecule has 0 aliphatic heterocycles. The van der Waals surface area contributed by atoms with Gasteiger partial charge in [-0.05, 0) is 48.9 Å². The highest BCUT2D eigenvalue weighted by Crippen LogP contribution is 2.36. The lowest BCUT2D eigenvalue weighted by molar-refractivity contribution is 0.217. The molecule has 2 heteroatoms. The van der Waals surface area contributed by atoms with Gasteiger partial charge in [-0.3, -0.25) is 0 Å². The quantitative estimate of drug-likeness (QED) is 0.857. The maximum atomic E-state index is 9.34. The molecule has 18 heavy (non-hydrogen) atoms. The Morgan fingerprint density at radius 2 is 1.50 bits per heavy atom. The van der Waals surface area contributed by atoms with Crippen LogP contribution in [0.3, 0.4) is 0 Å². The third kappa shape index (κ3) is 3.49. The van der Waals surface area contributed by atoms with Gasteiger partial charge in [-0.2, -0.15) is 0 Å². The molecule has 1 aliphatic rings. The zero-order valence-electron chi connectivity index (χ0n) is 11.2. The summed E-state index contributed by atoms with van der Waals surface area (Å²) >= 11 is 0. The molecule has 1 fully saturated rings. The minimum absolute atomic E-state index is 0.289. The molecule has 100 valence electrons. The fourth-order valence-electron chi connectivity index (χ4n) is 3.16. The van der Waals surface area contributed by atoms with Crippen molar-refractivity contribution >= 4 is 0 Å². The van der Waals surface area contributed by atoms with E-state index in [4.69, 9.17) is 5.73 Å². The molecule has 0 saturated heterocycles. The first-order valence-electron chi connectivity index (χ1n) is 7.22. The lowest BCUT2D eigenvalue weighted by Gasteiger charge is -2.34. The topological polar surface area (TPSA) is 46.2 Å². The number of hydrogen-bond acceptors (Lipinski definition) is 2. The highest BCUT2D eigenvalue weighted by Gasteiger charge is 2.28. The van der Waals surface area contributed by atoms with Crippen molar-refractivity contribution in [1.29, 1.82) is 0 Å². The van der Waals surface area contributed by atoms with Gasteiger partial charge in [-0.15, -0.1) is 0 Å². The van der Waals surface area contributed by atoms with Gasteiger partial charge in [0.25, 0.3) is 0 Å². The number of nitrogens with two attached hydrogens (primary N) is 1. The molecule has 0 aromatic heterocycles. The maximum absolute atomic E-state index is 9.34. The number of hydrogen-bond donors (Lipinski definition) is 2. The smallest absolute Gasteiger partial charge is 0.115 e. The fraction of sp³-hybridized carbons (Fsp3) is 0.625. The van der Waals surface area contributed by atoms with Crippen LogP contribution in [0.4, 0.5) is 0 Å². The van der Waals surface area contributed by atoms with Crippen LogP contribution in [0.2, 0.25) is 0 Å². The summed E-state index contributed by atoms with van der Waals surface area (Å²) < 4.78 is 0. The predicted octanol–water partition coefficient (Wildman–Crippen LogP) is 3.62. The molecule has 2 nitrogen and oxygen atoms in total. The summed E-state index contributed by atoms with van der Waals surface area (Å²) in [6, 6.07) is 7.63. The Labute approximate surface area is 110 Å². The highest BCUT2D eigenvalue weighted by molar-refractivity contribution is 5.26. The molecule has 2 rings (SSSR count). The first-order valence-corrected chi connectivity index (χ1v) is 7.22. The van der Waals surface area contributed by atoms with E-state index in [1.54, 1.807) is 12.1 Å². The van der Waals surface area contributed by atoms with Crippen LogP contribution in [0.15, 0.2) is 24.3 Å². The summed E-state index contributed by atoms with van der Waals surface area (Å²) in [4.78, 5) is 0. The van der Waals surface area contributed by atoms with E-state index >= 15 is 0 Å². The second-order valence-corrected chi connectivity index (χ2v) is 5.82. The van der Waals surface area contributed by atoms with Crippen LogP contribution in [-0.2, 0) is 6.42 Å². The molecule has 3 N–H and O–H groups in total. The standard InChI is InChI=1S/C16H25NO/c17-13-16(10-4-2-1-3-5-11-16)12-14-6-8-15(18)9-7-14/h6-9,18H,1-5,10-13,17H2. The van der Waals surface area contributed by atoms with Crippen LogP contribution in [0.25, 0.3) is 0 Å². The van der Waals surface area contributed by atoms with E-state index in [0.29, 0.717) is 5.75 Å². The van der Waals surface area contributed by atoms with Crippen LogP contribution in [0, 0.1) is 5.41 Å². The summed E-state index contributed by atoms with van der Waals surface area (Å²) in [6.45, 7) is 0.786. The molecule has 0 unspecified atom stereocenters. The molecule has 0 amide bonds. The Morgan fingerprint density at radius 1 is 0.944 bits per heavy atom. The van der Waals surface area contributed by atoms with Crippen LogP contribution in [-0.4, -0.2) is 11.7 Å². The van der Waals surface area contributed by atoms with E-state index in [9.17, 15) is 5.11 Å². The molecule has 0 bridgehead atoms. The van der Waals surface area contributed by atoms with E-state index in [1.165, 1.54) is 50.5 Å². The minimum atomic E-state index is 0.289. The maximum Gasteiger partial charge on any atom is 0.115 e. The van der Waals surface area contributed by atoms with Crippen molar-refractivity contribution < 1.29 is 5.11 Å². The monoisotopic (exact) mass is 247 g/mol. The predicted molar refractivity (Wildman–Crippen MR) is 75.6 cm³/mol. The Kier molecular flexibility index (Phi) is 4.65. The molecule has 0 atom stereocenters. The van der Waals surface area contributed by atoms with E-state index in [2.05, 4.69) is 0 Å². The van der Waals surface area contributed by atoms with Gasteiger partial charge < -0.3 is 10.8 Å². The SMILES string of the molecule is NCC1(Cc2ccc(O)cc2)CCCCCCC1. The van der Waals surface area contributed by atoms with E-state index in [0.717, 1.165) is 13.0 Å². The van der Waals surface area contributed by atoms with Crippen molar-refractivity contribution in [3.05, 3.63) is 29.8 Å². The molecule has 1 aromatic rings. The van der Waals surface area contributed by atoms with E-state index < -0.39 is 0 Å². The first-order chi connectivity index (χ1) is 8.74. The van der Waals surface area contributed by atoms with E-state index in [-0.39, 0.29) is 5.41 Å². The van der Waals surface area contributed by atoms with Gasteiger partial charge in [0.1, 0.15) is 5.75 Å². The van der Waals surface area contributed by atoms with Crippen molar-refractivity contribution in [2.24, 2.45) is 11.1 Å². The number of phenols is 1. The second-order valence-electron chi connectivity index (χ2n) is 5.82. The number of phenolic OH excluding ortho intramolecular Hbond substituents is 1. The van der Waals surface area contributed by atoms with Gasteiger partial charge in [0.05, 0.1) is 0 Å². The highest BCUT2D eigenvalue weighted by atomic mass is 16.3. The zero-order valence-corrected chi connectivity index (χ0v) is 11.2. The van der Waals surface area contributed by atoms with Gasteiger partial charge >= 0.3 is 0 Å². The molecular weight excluding hydrogens is 222 g/mol. The van der Waals surface area contributed by atoms with Crippen molar-refractivity contribution in [3.8, 4) is 5.75 Å². The van der Waals surface area contributed by atoms with Crippen LogP contribution in [0.1, 0.15) is 50.5 Å². The summed E-state index contributed by atoms with van der Waals surface area (Å²) in [5.74, 6) is 0.346. The van der Waals surface area contributed by atoms with Gasteiger partial charge in [0.2, 0.25) is 0 Å². The Hall–Kier alpha value is -1.02. The molecule has 1 saturated carbocycles. The van der Waals surface area contributed by atoms with Crippen molar-refractivity contribution in [3.63, 3.8) is 0 Å². The summed E-state index contributed by atoms with van der Waals surface area (Å²) in [7, 11) is 0. The lowest BCUT2D eigenvalue weighted by atomic mass is 9.72. The van der Waals surface area contributed by atoms with Crippen molar-refractivity contribution in [1.82, 2.24) is 0 Å². The van der Waals surface area contributed by atoms with Crippen LogP contribution < -0.4 is 5.73 Å². The minimum Gasteiger partial charge on any atom is -0.508 e. The van der Waals surface area contributed by atoms with Crippen LogP contribution >= 0.6 is 0 Å². The first kappa shape index (κ1) is 13.4.